The molecule has 0 saturated carbocycles. The molecule has 25 heavy (non-hydrogen) atoms. The van der Waals surface area contributed by atoms with Crippen LogP contribution in [0.2, 0.25) is 5.02 Å². The Kier molecular flexibility index (Phi) is 6.41. The monoisotopic (exact) mass is 382 g/mol. The third-order valence-electron chi connectivity index (χ3n) is 3.51. The van der Waals surface area contributed by atoms with E-state index in [4.69, 9.17) is 16.3 Å². The van der Waals surface area contributed by atoms with Gasteiger partial charge in [0.15, 0.2) is 0 Å². The number of carbonyl (C=O) groups is 1. The van der Waals surface area contributed by atoms with Gasteiger partial charge in [0.2, 0.25) is 15.9 Å². The lowest BCUT2D eigenvalue weighted by molar-refractivity contribution is -0.116. The summed E-state index contributed by atoms with van der Waals surface area (Å²) in [6.45, 7) is 1.65. The van der Waals surface area contributed by atoms with Gasteiger partial charge in [-0.1, -0.05) is 29.8 Å². The summed E-state index contributed by atoms with van der Waals surface area (Å²) in [5, 5.41) is 0.371. The van der Waals surface area contributed by atoms with Gasteiger partial charge in [-0.2, -0.15) is 0 Å². The van der Waals surface area contributed by atoms with Crippen molar-refractivity contribution < 1.29 is 17.9 Å². The first-order valence-electron chi connectivity index (χ1n) is 7.51. The number of carbonyl (C=O) groups excluding carboxylic acids is 1. The van der Waals surface area contributed by atoms with Gasteiger partial charge in [-0.3, -0.25) is 4.79 Å². The zero-order valence-electron chi connectivity index (χ0n) is 13.9. The molecule has 0 spiro atoms. The van der Waals surface area contributed by atoms with Crippen molar-refractivity contribution in [3.63, 3.8) is 0 Å². The van der Waals surface area contributed by atoms with E-state index in [1.165, 1.54) is 31.1 Å². The highest BCUT2D eigenvalue weighted by atomic mass is 35.5. The van der Waals surface area contributed by atoms with Crippen LogP contribution in [0.25, 0.3) is 0 Å². The summed E-state index contributed by atoms with van der Waals surface area (Å²) < 4.78 is 32.0. The van der Waals surface area contributed by atoms with Gasteiger partial charge < -0.3 is 9.64 Å². The molecule has 0 unspecified atom stereocenters. The second-order valence-corrected chi connectivity index (χ2v) is 7.37. The van der Waals surface area contributed by atoms with Crippen molar-refractivity contribution in [1.82, 2.24) is 4.72 Å². The number of sulfonamides is 1. The number of hydrogen-bond acceptors (Lipinski definition) is 4. The number of halogens is 1. The van der Waals surface area contributed by atoms with Crippen LogP contribution < -0.4 is 14.4 Å². The maximum atomic E-state index is 12.2. The number of amides is 1. The molecule has 0 aliphatic rings. The van der Waals surface area contributed by atoms with E-state index in [9.17, 15) is 13.2 Å². The lowest BCUT2D eigenvalue weighted by atomic mass is 10.2. The summed E-state index contributed by atoms with van der Waals surface area (Å²) >= 11 is 6.09. The number of anilines is 1. The van der Waals surface area contributed by atoms with Gasteiger partial charge in [0.25, 0.3) is 0 Å². The Balaban J connectivity index is 2.08. The summed E-state index contributed by atoms with van der Waals surface area (Å²) in [5.74, 6) is 0.277. The SMILES string of the molecule is COc1ccc(N(CCNS(=O)(=O)c2ccccc2)C(C)=O)cc1Cl. The Morgan fingerprint density at radius 1 is 1.20 bits per heavy atom. The largest absolute Gasteiger partial charge is 0.495 e. The molecule has 0 saturated heterocycles. The molecule has 0 fully saturated rings. The number of nitrogens with zero attached hydrogens (tertiary/aromatic N) is 1. The zero-order chi connectivity index (χ0) is 18.4. The van der Waals surface area contributed by atoms with Crippen molar-refractivity contribution in [2.45, 2.75) is 11.8 Å². The average molecular weight is 383 g/mol. The van der Waals surface area contributed by atoms with Crippen LogP contribution in [0, 0.1) is 0 Å². The average Bonchev–Trinajstić information content (AvgIpc) is 2.59. The van der Waals surface area contributed by atoms with Crippen LogP contribution in [0.15, 0.2) is 53.4 Å². The number of benzene rings is 2. The summed E-state index contributed by atoms with van der Waals surface area (Å²) in [7, 11) is -2.11. The summed E-state index contributed by atoms with van der Waals surface area (Å²) in [6, 6.07) is 13.0. The van der Waals surface area contributed by atoms with E-state index in [0.29, 0.717) is 16.5 Å². The van der Waals surface area contributed by atoms with Crippen LogP contribution in [-0.2, 0) is 14.8 Å². The van der Waals surface area contributed by atoms with E-state index in [2.05, 4.69) is 4.72 Å². The van der Waals surface area contributed by atoms with Crippen LogP contribution in [0.4, 0.5) is 5.69 Å². The number of rotatable bonds is 7. The third-order valence-corrected chi connectivity index (χ3v) is 5.28. The van der Waals surface area contributed by atoms with Crippen molar-refractivity contribution in [2.24, 2.45) is 0 Å². The fraction of sp³-hybridized carbons (Fsp3) is 0.235. The minimum absolute atomic E-state index is 0.0699. The fourth-order valence-electron chi connectivity index (χ4n) is 2.27. The molecule has 2 rings (SSSR count). The summed E-state index contributed by atoms with van der Waals surface area (Å²) in [6.07, 6.45) is 0. The van der Waals surface area contributed by atoms with Crippen molar-refractivity contribution in [3.05, 3.63) is 53.6 Å². The molecule has 8 heteroatoms. The molecule has 0 atom stereocenters. The molecular formula is C17H19ClN2O4S. The van der Waals surface area contributed by atoms with E-state index in [1.54, 1.807) is 36.4 Å². The van der Waals surface area contributed by atoms with E-state index in [0.717, 1.165) is 0 Å². The van der Waals surface area contributed by atoms with E-state index in [-0.39, 0.29) is 23.9 Å². The molecule has 0 bridgehead atoms. The van der Waals surface area contributed by atoms with Crippen molar-refractivity contribution in [3.8, 4) is 5.75 Å². The fourth-order valence-corrected chi connectivity index (χ4v) is 3.56. The minimum Gasteiger partial charge on any atom is -0.495 e. The highest BCUT2D eigenvalue weighted by molar-refractivity contribution is 7.89. The van der Waals surface area contributed by atoms with Gasteiger partial charge >= 0.3 is 0 Å². The zero-order valence-corrected chi connectivity index (χ0v) is 15.5. The van der Waals surface area contributed by atoms with Crippen LogP contribution in [-0.4, -0.2) is 34.5 Å². The lowest BCUT2D eigenvalue weighted by Gasteiger charge is -2.22. The molecule has 0 heterocycles. The van der Waals surface area contributed by atoms with Gasteiger partial charge in [-0.05, 0) is 30.3 Å². The molecule has 2 aromatic carbocycles. The Morgan fingerprint density at radius 2 is 1.88 bits per heavy atom. The van der Waals surface area contributed by atoms with E-state index >= 15 is 0 Å². The molecule has 1 N–H and O–H groups in total. The second-order valence-electron chi connectivity index (χ2n) is 5.20. The number of nitrogens with one attached hydrogen (secondary N) is 1. The molecular weight excluding hydrogens is 364 g/mol. The lowest BCUT2D eigenvalue weighted by Crippen LogP contribution is -2.37. The molecule has 0 aliphatic carbocycles. The molecule has 6 nitrogen and oxygen atoms in total. The van der Waals surface area contributed by atoms with Crippen molar-refractivity contribution >= 4 is 33.2 Å². The number of methoxy groups -OCH3 is 1. The number of hydrogen-bond donors (Lipinski definition) is 1. The summed E-state index contributed by atoms with van der Waals surface area (Å²) in [5.41, 5.74) is 0.567. The smallest absolute Gasteiger partial charge is 0.240 e. The third kappa shape index (κ3) is 4.94. The highest BCUT2D eigenvalue weighted by Crippen LogP contribution is 2.29. The second kappa shape index (κ2) is 8.33. The van der Waals surface area contributed by atoms with E-state index in [1.807, 2.05) is 0 Å². The van der Waals surface area contributed by atoms with Gasteiger partial charge in [0.05, 0.1) is 17.0 Å². The molecule has 1 amide bonds. The van der Waals surface area contributed by atoms with Gasteiger partial charge in [-0.15, -0.1) is 0 Å². The first-order chi connectivity index (χ1) is 11.8. The molecule has 0 radical (unpaired) electrons. The first-order valence-corrected chi connectivity index (χ1v) is 9.37. The van der Waals surface area contributed by atoms with Gasteiger partial charge in [0.1, 0.15) is 5.75 Å². The Bertz CT molecular complexity index is 841. The Hall–Kier alpha value is -2.09. The van der Waals surface area contributed by atoms with Crippen LogP contribution >= 0.6 is 11.6 Å². The normalized spacial score (nSPS) is 11.2. The quantitative estimate of drug-likeness (QED) is 0.798. The molecule has 0 aromatic heterocycles. The van der Waals surface area contributed by atoms with Crippen LogP contribution in [0.5, 0.6) is 5.75 Å². The molecule has 134 valence electrons. The van der Waals surface area contributed by atoms with Crippen LogP contribution in [0.3, 0.4) is 0 Å². The predicted molar refractivity (Wildman–Crippen MR) is 97.7 cm³/mol. The Morgan fingerprint density at radius 3 is 2.44 bits per heavy atom. The van der Waals surface area contributed by atoms with E-state index < -0.39 is 10.0 Å². The highest BCUT2D eigenvalue weighted by Gasteiger charge is 2.16. The van der Waals surface area contributed by atoms with Gasteiger partial charge in [0, 0.05) is 25.7 Å². The van der Waals surface area contributed by atoms with Crippen LogP contribution in [0.1, 0.15) is 6.92 Å². The molecule has 2 aromatic rings. The topological polar surface area (TPSA) is 75.7 Å². The standard InChI is InChI=1S/C17H19ClN2O4S/c1-13(21)20(14-8-9-17(24-2)16(18)12-14)11-10-19-25(22,23)15-6-4-3-5-7-15/h3-9,12,19H,10-11H2,1-2H3. The minimum atomic E-state index is -3.62. The van der Waals surface area contributed by atoms with Gasteiger partial charge in [-0.25, -0.2) is 13.1 Å². The molecule has 0 aliphatic heterocycles. The Labute approximate surface area is 152 Å². The van der Waals surface area contributed by atoms with Crippen molar-refractivity contribution in [1.29, 1.82) is 0 Å². The van der Waals surface area contributed by atoms with Crippen molar-refractivity contribution in [2.75, 3.05) is 25.1 Å². The first kappa shape index (κ1) is 19.2. The summed E-state index contributed by atoms with van der Waals surface area (Å²) in [4.78, 5) is 13.5. The maximum Gasteiger partial charge on any atom is 0.240 e. The number of ether oxygens (including phenoxy) is 1. The maximum absolute atomic E-state index is 12.2. The predicted octanol–water partition coefficient (Wildman–Crippen LogP) is 2.68.